The second kappa shape index (κ2) is 5.19. The van der Waals surface area contributed by atoms with Crippen molar-refractivity contribution >= 4 is 0 Å². The summed E-state index contributed by atoms with van der Waals surface area (Å²) in [5.74, 6) is 0.922. The first-order valence-corrected chi connectivity index (χ1v) is 7.36. The van der Waals surface area contributed by atoms with E-state index in [1.54, 1.807) is 0 Å². The zero-order valence-corrected chi connectivity index (χ0v) is 11.7. The van der Waals surface area contributed by atoms with E-state index in [-0.39, 0.29) is 5.92 Å². The van der Waals surface area contributed by atoms with Gasteiger partial charge >= 0.3 is 0 Å². The van der Waals surface area contributed by atoms with Gasteiger partial charge in [0.25, 0.3) is 0 Å². The molecule has 2 fully saturated rings. The van der Waals surface area contributed by atoms with Crippen LogP contribution in [0, 0.1) is 28.6 Å². The number of nitriles is 1. The molecule has 1 aliphatic carbocycles. The number of rotatable bonds is 2. The maximum Gasteiger partial charge on any atom is 0.0861 e. The van der Waals surface area contributed by atoms with Crippen molar-refractivity contribution in [3.05, 3.63) is 0 Å². The van der Waals surface area contributed by atoms with Crippen molar-refractivity contribution < 1.29 is 5.11 Å². The highest BCUT2D eigenvalue weighted by atomic mass is 16.3. The second-order valence-corrected chi connectivity index (χ2v) is 6.57. The van der Waals surface area contributed by atoms with Gasteiger partial charge in [0.1, 0.15) is 0 Å². The predicted molar refractivity (Wildman–Crippen MR) is 71.9 cm³/mol. The van der Waals surface area contributed by atoms with E-state index >= 15 is 0 Å². The molecule has 0 radical (unpaired) electrons. The lowest BCUT2D eigenvalue weighted by Crippen LogP contribution is -2.55. The molecular formula is C15H26N2O. The molecule has 1 aliphatic heterocycles. The lowest BCUT2D eigenvalue weighted by atomic mass is 9.58. The predicted octanol–water partition coefficient (Wildman–Crippen LogP) is 2.46. The second-order valence-electron chi connectivity index (χ2n) is 6.57. The standard InChI is InChI=1S/C15H26N2O/c1-12-5-7-15(11-16,8-6-12)14(2,18)13-4-3-9-17-10-13/h12-13,17-18H,3-10H2,1-2H3. The molecule has 3 nitrogen and oxygen atoms in total. The van der Waals surface area contributed by atoms with Crippen LogP contribution < -0.4 is 5.32 Å². The fourth-order valence-electron chi connectivity index (χ4n) is 3.71. The Morgan fingerprint density at radius 2 is 2.00 bits per heavy atom. The molecule has 0 amide bonds. The molecule has 1 saturated heterocycles. The molecule has 2 aliphatic rings. The monoisotopic (exact) mass is 250 g/mol. The maximum absolute atomic E-state index is 11.0. The Morgan fingerprint density at radius 1 is 1.33 bits per heavy atom. The zero-order chi connectivity index (χ0) is 13.2. The molecule has 3 heteroatoms. The fourth-order valence-corrected chi connectivity index (χ4v) is 3.71. The van der Waals surface area contributed by atoms with Crippen molar-refractivity contribution in [2.45, 2.75) is 58.0 Å². The number of hydrogen-bond donors (Lipinski definition) is 2. The average Bonchev–Trinajstić information content (AvgIpc) is 2.41. The molecule has 2 N–H and O–H groups in total. The first-order chi connectivity index (χ1) is 8.52. The molecule has 1 heterocycles. The molecule has 2 rings (SSSR count). The molecule has 0 bridgehead atoms. The minimum absolute atomic E-state index is 0.222. The van der Waals surface area contributed by atoms with Crippen molar-refractivity contribution in [3.8, 4) is 6.07 Å². The van der Waals surface area contributed by atoms with Crippen LogP contribution >= 0.6 is 0 Å². The normalized spacial score (nSPS) is 40.8. The van der Waals surface area contributed by atoms with E-state index in [0.717, 1.165) is 51.6 Å². The van der Waals surface area contributed by atoms with Crippen LogP contribution in [0.1, 0.15) is 52.4 Å². The van der Waals surface area contributed by atoms with Crippen LogP contribution in [0.4, 0.5) is 0 Å². The van der Waals surface area contributed by atoms with E-state index in [2.05, 4.69) is 18.3 Å². The SMILES string of the molecule is CC1CCC(C#N)(C(C)(O)C2CCCNC2)CC1. The van der Waals surface area contributed by atoms with Gasteiger partial charge in [0, 0.05) is 12.5 Å². The summed E-state index contributed by atoms with van der Waals surface area (Å²) in [7, 11) is 0. The van der Waals surface area contributed by atoms with Gasteiger partial charge in [0.15, 0.2) is 0 Å². The summed E-state index contributed by atoms with van der Waals surface area (Å²) >= 11 is 0. The minimum atomic E-state index is -0.852. The Balaban J connectivity index is 2.17. The van der Waals surface area contributed by atoms with Gasteiger partial charge in [0.05, 0.1) is 17.1 Å². The van der Waals surface area contributed by atoms with Crippen LogP contribution in [-0.4, -0.2) is 23.8 Å². The van der Waals surface area contributed by atoms with E-state index in [9.17, 15) is 10.4 Å². The van der Waals surface area contributed by atoms with Crippen LogP contribution in [0.5, 0.6) is 0 Å². The van der Waals surface area contributed by atoms with Gasteiger partial charge in [-0.15, -0.1) is 0 Å². The molecule has 18 heavy (non-hydrogen) atoms. The van der Waals surface area contributed by atoms with Gasteiger partial charge in [-0.3, -0.25) is 0 Å². The molecular weight excluding hydrogens is 224 g/mol. The van der Waals surface area contributed by atoms with Crippen molar-refractivity contribution in [1.29, 1.82) is 5.26 Å². The summed E-state index contributed by atoms with van der Waals surface area (Å²) in [5, 5.41) is 24.1. The molecule has 0 aromatic carbocycles. The van der Waals surface area contributed by atoms with Gasteiger partial charge in [-0.2, -0.15) is 5.26 Å². The fraction of sp³-hybridized carbons (Fsp3) is 0.933. The molecule has 1 saturated carbocycles. The van der Waals surface area contributed by atoms with E-state index in [1.807, 2.05) is 6.92 Å². The summed E-state index contributed by atoms with van der Waals surface area (Å²) in [5.41, 5.74) is -1.38. The van der Waals surface area contributed by atoms with Gasteiger partial charge in [0.2, 0.25) is 0 Å². The van der Waals surface area contributed by atoms with Crippen LogP contribution in [0.2, 0.25) is 0 Å². The van der Waals surface area contributed by atoms with E-state index < -0.39 is 11.0 Å². The summed E-state index contributed by atoms with van der Waals surface area (Å²) < 4.78 is 0. The number of nitrogens with zero attached hydrogens (tertiary/aromatic N) is 1. The number of piperidine rings is 1. The minimum Gasteiger partial charge on any atom is -0.388 e. The summed E-state index contributed by atoms with van der Waals surface area (Å²) in [6.45, 7) is 6.05. The highest BCUT2D eigenvalue weighted by Crippen LogP contribution is 2.49. The summed E-state index contributed by atoms with van der Waals surface area (Å²) in [6.07, 6.45) is 6.01. The van der Waals surface area contributed by atoms with E-state index in [0.29, 0.717) is 5.92 Å². The van der Waals surface area contributed by atoms with Crippen molar-refractivity contribution in [1.82, 2.24) is 5.32 Å². The molecule has 2 unspecified atom stereocenters. The smallest absolute Gasteiger partial charge is 0.0861 e. The van der Waals surface area contributed by atoms with Gasteiger partial charge < -0.3 is 10.4 Å². The quantitative estimate of drug-likeness (QED) is 0.791. The van der Waals surface area contributed by atoms with Gasteiger partial charge in [-0.05, 0) is 57.9 Å². The summed E-state index contributed by atoms with van der Waals surface area (Å²) in [4.78, 5) is 0. The lowest BCUT2D eigenvalue weighted by Gasteiger charge is -2.49. The molecule has 0 aromatic heterocycles. The molecule has 102 valence electrons. The highest BCUT2D eigenvalue weighted by Gasteiger charge is 2.52. The largest absolute Gasteiger partial charge is 0.388 e. The van der Waals surface area contributed by atoms with Crippen molar-refractivity contribution in [3.63, 3.8) is 0 Å². The number of nitrogens with one attached hydrogen (secondary N) is 1. The number of aliphatic hydroxyl groups is 1. The number of hydrogen-bond acceptors (Lipinski definition) is 3. The molecule has 0 spiro atoms. The molecule has 2 atom stereocenters. The Kier molecular flexibility index (Phi) is 3.99. The third kappa shape index (κ3) is 2.29. The Labute approximate surface area is 111 Å². The van der Waals surface area contributed by atoms with Crippen molar-refractivity contribution in [2.75, 3.05) is 13.1 Å². The summed E-state index contributed by atoms with van der Waals surface area (Å²) in [6, 6.07) is 2.50. The lowest BCUT2D eigenvalue weighted by molar-refractivity contribution is -0.110. The third-order valence-electron chi connectivity index (χ3n) is 5.40. The Morgan fingerprint density at radius 3 is 2.50 bits per heavy atom. The third-order valence-corrected chi connectivity index (χ3v) is 5.40. The van der Waals surface area contributed by atoms with Crippen LogP contribution in [0.15, 0.2) is 0 Å². The van der Waals surface area contributed by atoms with Crippen LogP contribution in [-0.2, 0) is 0 Å². The Bertz CT molecular complexity index is 318. The first-order valence-electron chi connectivity index (χ1n) is 7.36. The highest BCUT2D eigenvalue weighted by molar-refractivity contribution is 5.13. The average molecular weight is 250 g/mol. The van der Waals surface area contributed by atoms with Crippen molar-refractivity contribution in [2.24, 2.45) is 17.3 Å². The van der Waals surface area contributed by atoms with E-state index in [1.165, 1.54) is 0 Å². The zero-order valence-electron chi connectivity index (χ0n) is 11.7. The van der Waals surface area contributed by atoms with E-state index in [4.69, 9.17) is 0 Å². The topological polar surface area (TPSA) is 56.0 Å². The van der Waals surface area contributed by atoms with Crippen LogP contribution in [0.25, 0.3) is 0 Å². The van der Waals surface area contributed by atoms with Gasteiger partial charge in [-0.1, -0.05) is 6.92 Å². The first kappa shape index (κ1) is 13.8. The maximum atomic E-state index is 11.0. The molecule has 0 aromatic rings. The van der Waals surface area contributed by atoms with Gasteiger partial charge in [-0.25, -0.2) is 0 Å². The Hall–Kier alpha value is -0.590. The van der Waals surface area contributed by atoms with Crippen LogP contribution in [0.3, 0.4) is 0 Å².